The Bertz CT molecular complexity index is 988. The Hall–Kier alpha value is -1.57. The Kier molecular flexibility index (Phi) is 6.44. The molecule has 0 unspecified atom stereocenters. The van der Waals surface area contributed by atoms with E-state index in [1.165, 1.54) is 16.8 Å². The molecule has 4 nitrogen and oxygen atoms in total. The molecule has 1 aromatic heterocycles. The van der Waals surface area contributed by atoms with Crippen molar-refractivity contribution in [2.24, 2.45) is 0 Å². The van der Waals surface area contributed by atoms with E-state index in [-0.39, 0.29) is 11.7 Å². The minimum absolute atomic E-state index is 0.118. The van der Waals surface area contributed by atoms with E-state index < -0.39 is 5.82 Å². The first-order valence-corrected chi connectivity index (χ1v) is 9.44. The monoisotopic (exact) mass is 462 g/mol. The topological polar surface area (TPSA) is 41.9 Å². The van der Waals surface area contributed by atoms with E-state index in [9.17, 15) is 4.39 Å². The molecule has 140 valence electrons. The fourth-order valence-corrected chi connectivity index (χ4v) is 3.23. The fraction of sp³-hybridized carbons (Fsp3) is 0.0588. The molecule has 10 heteroatoms. The molecule has 2 aromatic carbocycles. The summed E-state index contributed by atoms with van der Waals surface area (Å²) in [5, 5.41) is 11.9. The summed E-state index contributed by atoms with van der Waals surface area (Å²) in [4.78, 5) is 0. The number of anilines is 2. The first-order valence-electron chi connectivity index (χ1n) is 7.52. The van der Waals surface area contributed by atoms with E-state index in [0.717, 1.165) is 0 Å². The van der Waals surface area contributed by atoms with Crippen LogP contribution in [0.5, 0.6) is 0 Å². The zero-order valence-corrected chi connectivity index (χ0v) is 17.3. The van der Waals surface area contributed by atoms with Crippen LogP contribution in [0.4, 0.5) is 15.9 Å². The third-order valence-corrected chi connectivity index (χ3v) is 4.91. The number of nitrogens with zero attached hydrogens (tertiary/aromatic N) is 2. The van der Waals surface area contributed by atoms with Crippen molar-refractivity contribution in [3.63, 3.8) is 0 Å². The number of halogens is 5. The van der Waals surface area contributed by atoms with Crippen LogP contribution in [0.1, 0.15) is 5.56 Å². The summed E-state index contributed by atoms with van der Waals surface area (Å²) in [5.41, 5.74) is 0.853. The van der Waals surface area contributed by atoms with Crippen molar-refractivity contribution in [2.75, 3.05) is 10.6 Å². The Labute approximate surface area is 180 Å². The maximum absolute atomic E-state index is 13.9. The molecule has 0 radical (unpaired) electrons. The highest BCUT2D eigenvalue weighted by Gasteiger charge is 2.13. The molecule has 0 fully saturated rings. The highest BCUT2D eigenvalue weighted by Crippen LogP contribution is 2.27. The summed E-state index contributed by atoms with van der Waals surface area (Å²) < 4.78 is 15.4. The average Bonchev–Trinajstić information content (AvgIpc) is 2.94. The summed E-state index contributed by atoms with van der Waals surface area (Å²) >= 11 is 29.5. The lowest BCUT2D eigenvalue weighted by Crippen LogP contribution is -2.20. The van der Waals surface area contributed by atoms with Crippen LogP contribution in [0.15, 0.2) is 42.6 Å². The molecule has 3 aromatic rings. The van der Waals surface area contributed by atoms with Crippen molar-refractivity contribution in [3.8, 4) is 0 Å². The van der Waals surface area contributed by atoms with Gasteiger partial charge in [0, 0.05) is 21.8 Å². The molecule has 0 aliphatic rings. The molecule has 27 heavy (non-hydrogen) atoms. The van der Waals surface area contributed by atoms with Crippen LogP contribution in [0, 0.1) is 5.82 Å². The van der Waals surface area contributed by atoms with Crippen molar-refractivity contribution >= 4 is 75.2 Å². The summed E-state index contributed by atoms with van der Waals surface area (Å²) in [6.07, 6.45) is 1.54. The molecule has 3 rings (SSSR count). The van der Waals surface area contributed by atoms with Crippen molar-refractivity contribution < 1.29 is 4.39 Å². The first-order chi connectivity index (χ1) is 12.8. The first kappa shape index (κ1) is 20.2. The van der Waals surface area contributed by atoms with Crippen LogP contribution in [-0.4, -0.2) is 14.9 Å². The highest BCUT2D eigenvalue weighted by molar-refractivity contribution is 7.80. The molecular weight excluding hydrogens is 453 g/mol. The number of thiocarbonyl (C=S) groups is 1. The van der Waals surface area contributed by atoms with E-state index in [1.807, 2.05) is 0 Å². The Morgan fingerprint density at radius 3 is 2.56 bits per heavy atom. The zero-order valence-electron chi connectivity index (χ0n) is 13.4. The Morgan fingerprint density at radius 1 is 1.04 bits per heavy atom. The van der Waals surface area contributed by atoms with Gasteiger partial charge in [0.2, 0.25) is 0 Å². The second-order valence-corrected chi connectivity index (χ2v) is 7.49. The predicted molar refractivity (Wildman–Crippen MR) is 114 cm³/mol. The van der Waals surface area contributed by atoms with Crippen LogP contribution in [0.25, 0.3) is 0 Å². The lowest BCUT2D eigenvalue weighted by Gasteiger charge is -2.11. The quantitative estimate of drug-likeness (QED) is 0.433. The zero-order chi connectivity index (χ0) is 19.6. The molecule has 1 heterocycles. The number of rotatable bonds is 4. The van der Waals surface area contributed by atoms with Gasteiger partial charge in [-0.2, -0.15) is 5.10 Å². The van der Waals surface area contributed by atoms with Crippen molar-refractivity contribution in [3.05, 3.63) is 74.1 Å². The van der Waals surface area contributed by atoms with Gasteiger partial charge < -0.3 is 10.6 Å². The third kappa shape index (κ3) is 5.03. The number of benzene rings is 2. The minimum Gasteiger partial charge on any atom is -0.331 e. The standard InChI is InChI=1S/C17H11Cl4FN4S/c18-9-4-5-12(20)15(6-9)23-17(27)24-16-13(21)8-26(25-16)7-10-11(19)2-1-3-14(10)22/h1-6,8H,7H2,(H2,23,24,25,27). The van der Waals surface area contributed by atoms with E-state index >= 15 is 0 Å². The van der Waals surface area contributed by atoms with E-state index in [0.29, 0.717) is 37.2 Å². The Balaban J connectivity index is 1.73. The second-order valence-electron chi connectivity index (χ2n) is 5.43. The van der Waals surface area contributed by atoms with Crippen molar-refractivity contribution in [2.45, 2.75) is 6.54 Å². The van der Waals surface area contributed by atoms with Gasteiger partial charge in [-0.25, -0.2) is 4.39 Å². The maximum atomic E-state index is 13.9. The summed E-state index contributed by atoms with van der Waals surface area (Å²) in [5.74, 6) is -0.115. The molecule has 0 spiro atoms. The van der Waals surface area contributed by atoms with Crippen LogP contribution in [0.2, 0.25) is 20.1 Å². The molecule has 0 bridgehead atoms. The summed E-state index contributed by atoms with van der Waals surface area (Å²) in [7, 11) is 0. The lowest BCUT2D eigenvalue weighted by molar-refractivity contribution is 0.586. The smallest absolute Gasteiger partial charge is 0.176 e. The van der Waals surface area contributed by atoms with E-state index in [4.69, 9.17) is 58.6 Å². The Morgan fingerprint density at radius 2 is 1.81 bits per heavy atom. The van der Waals surface area contributed by atoms with Crippen LogP contribution in [0.3, 0.4) is 0 Å². The van der Waals surface area contributed by atoms with Gasteiger partial charge in [-0.05, 0) is 42.5 Å². The van der Waals surface area contributed by atoms with Gasteiger partial charge in [0.25, 0.3) is 0 Å². The summed E-state index contributed by atoms with van der Waals surface area (Å²) in [6.45, 7) is 0.118. The van der Waals surface area contributed by atoms with Gasteiger partial charge in [0.05, 0.1) is 17.3 Å². The van der Waals surface area contributed by atoms with E-state index in [2.05, 4.69) is 15.7 Å². The fourth-order valence-electron chi connectivity index (χ4n) is 2.26. The molecule has 0 atom stereocenters. The van der Waals surface area contributed by atoms with Gasteiger partial charge in [-0.15, -0.1) is 0 Å². The average molecular weight is 464 g/mol. The van der Waals surface area contributed by atoms with Crippen LogP contribution < -0.4 is 10.6 Å². The molecular formula is C17H11Cl4FN4S. The molecule has 0 aliphatic heterocycles. The highest BCUT2D eigenvalue weighted by atomic mass is 35.5. The van der Waals surface area contributed by atoms with Crippen LogP contribution in [-0.2, 0) is 6.54 Å². The lowest BCUT2D eigenvalue weighted by atomic mass is 10.2. The molecule has 0 saturated carbocycles. The molecule has 0 amide bonds. The minimum atomic E-state index is -0.420. The van der Waals surface area contributed by atoms with Gasteiger partial charge in [-0.3, -0.25) is 4.68 Å². The number of hydrogen-bond donors (Lipinski definition) is 2. The van der Waals surface area contributed by atoms with Crippen molar-refractivity contribution in [1.82, 2.24) is 9.78 Å². The normalized spacial score (nSPS) is 10.7. The molecule has 0 aliphatic carbocycles. The third-order valence-electron chi connectivity index (χ3n) is 3.51. The maximum Gasteiger partial charge on any atom is 0.176 e. The van der Waals surface area contributed by atoms with Crippen molar-refractivity contribution in [1.29, 1.82) is 0 Å². The SMILES string of the molecule is Fc1cccc(Cl)c1Cn1cc(Cl)c(NC(=S)Nc2cc(Cl)ccc2Cl)n1. The second kappa shape index (κ2) is 8.63. The largest absolute Gasteiger partial charge is 0.331 e. The van der Waals surface area contributed by atoms with Gasteiger partial charge >= 0.3 is 0 Å². The molecule has 2 N–H and O–H groups in total. The number of nitrogens with one attached hydrogen (secondary N) is 2. The van der Waals surface area contributed by atoms with Gasteiger partial charge in [-0.1, -0.05) is 52.5 Å². The van der Waals surface area contributed by atoms with Gasteiger partial charge in [0.1, 0.15) is 10.8 Å². The number of aromatic nitrogens is 2. The molecule has 0 saturated heterocycles. The number of hydrogen-bond acceptors (Lipinski definition) is 2. The summed E-state index contributed by atoms with van der Waals surface area (Å²) in [6, 6.07) is 9.43. The van der Waals surface area contributed by atoms with Crippen LogP contribution >= 0.6 is 58.6 Å². The predicted octanol–water partition coefficient (Wildman–Crippen LogP) is 6.49. The van der Waals surface area contributed by atoms with E-state index in [1.54, 1.807) is 30.5 Å². The van der Waals surface area contributed by atoms with Gasteiger partial charge in [0.15, 0.2) is 10.9 Å².